The molecule has 2 rings (SSSR count). The van der Waals surface area contributed by atoms with E-state index in [0.29, 0.717) is 5.58 Å². The number of esters is 1. The van der Waals surface area contributed by atoms with Crippen molar-refractivity contribution < 1.29 is 24.2 Å². The summed E-state index contributed by atoms with van der Waals surface area (Å²) < 4.78 is 9.57. The van der Waals surface area contributed by atoms with E-state index in [0.717, 1.165) is 0 Å². The number of benzene rings is 1. The number of phenolic OH excluding ortho intramolecular Hbond substituents is 2. The second kappa shape index (κ2) is 3.20. The SMILES string of the molecule is COC(=O)c1cc2c(O)c(O)ccc2o1. The molecule has 1 heterocycles. The zero-order chi connectivity index (χ0) is 11.0. The monoisotopic (exact) mass is 208 g/mol. The molecular formula is C10H8O5. The van der Waals surface area contributed by atoms with Crippen LogP contribution >= 0.6 is 0 Å². The van der Waals surface area contributed by atoms with Gasteiger partial charge in [0.1, 0.15) is 5.58 Å². The van der Waals surface area contributed by atoms with Crippen LogP contribution in [0.25, 0.3) is 11.0 Å². The lowest BCUT2D eigenvalue weighted by molar-refractivity contribution is 0.0567. The maximum Gasteiger partial charge on any atom is 0.373 e. The third kappa shape index (κ3) is 1.38. The van der Waals surface area contributed by atoms with Crippen LogP contribution in [0.5, 0.6) is 11.5 Å². The number of hydrogen-bond donors (Lipinski definition) is 2. The van der Waals surface area contributed by atoms with Gasteiger partial charge in [0.2, 0.25) is 5.76 Å². The Kier molecular flexibility index (Phi) is 2.00. The number of fused-ring (bicyclic) bond motifs is 1. The first-order valence-electron chi connectivity index (χ1n) is 4.16. The molecule has 78 valence electrons. The van der Waals surface area contributed by atoms with Crippen molar-refractivity contribution in [1.82, 2.24) is 0 Å². The third-order valence-corrected chi connectivity index (χ3v) is 2.04. The molecule has 5 heteroatoms. The molecule has 15 heavy (non-hydrogen) atoms. The summed E-state index contributed by atoms with van der Waals surface area (Å²) in [6, 6.07) is 4.05. The van der Waals surface area contributed by atoms with E-state index in [1.807, 2.05) is 0 Å². The minimum atomic E-state index is -0.634. The van der Waals surface area contributed by atoms with Gasteiger partial charge in [-0.25, -0.2) is 4.79 Å². The molecule has 0 aliphatic carbocycles. The Labute approximate surface area is 84.5 Å². The normalized spacial score (nSPS) is 10.5. The van der Waals surface area contributed by atoms with Crippen LogP contribution in [-0.2, 0) is 4.74 Å². The van der Waals surface area contributed by atoms with Crippen LogP contribution in [0.1, 0.15) is 10.6 Å². The van der Waals surface area contributed by atoms with Crippen LogP contribution < -0.4 is 0 Å². The number of methoxy groups -OCH3 is 1. The highest BCUT2D eigenvalue weighted by molar-refractivity contribution is 5.95. The predicted molar refractivity (Wildman–Crippen MR) is 50.9 cm³/mol. The van der Waals surface area contributed by atoms with Crippen molar-refractivity contribution in [2.24, 2.45) is 0 Å². The number of ether oxygens (including phenoxy) is 1. The largest absolute Gasteiger partial charge is 0.504 e. The van der Waals surface area contributed by atoms with Crippen LogP contribution in [0.15, 0.2) is 22.6 Å². The number of aromatic hydroxyl groups is 2. The highest BCUT2D eigenvalue weighted by atomic mass is 16.5. The number of carbonyl (C=O) groups excluding carboxylic acids is 1. The average Bonchev–Trinajstić information content (AvgIpc) is 2.67. The Morgan fingerprint density at radius 2 is 2.13 bits per heavy atom. The summed E-state index contributed by atoms with van der Waals surface area (Å²) in [7, 11) is 1.23. The molecule has 0 aliphatic heterocycles. The number of carbonyl (C=O) groups is 1. The van der Waals surface area contributed by atoms with Crippen molar-refractivity contribution in [3.05, 3.63) is 24.0 Å². The molecule has 0 saturated heterocycles. The lowest BCUT2D eigenvalue weighted by Crippen LogP contribution is -1.97. The molecule has 0 amide bonds. The van der Waals surface area contributed by atoms with Gasteiger partial charge < -0.3 is 19.4 Å². The summed E-state index contributed by atoms with van der Waals surface area (Å²) in [6.07, 6.45) is 0. The highest BCUT2D eigenvalue weighted by Crippen LogP contribution is 2.35. The molecule has 0 atom stereocenters. The van der Waals surface area contributed by atoms with E-state index >= 15 is 0 Å². The molecule has 0 saturated carbocycles. The fourth-order valence-electron chi connectivity index (χ4n) is 1.29. The molecule has 1 aromatic heterocycles. The van der Waals surface area contributed by atoms with Crippen molar-refractivity contribution in [3.63, 3.8) is 0 Å². The first-order chi connectivity index (χ1) is 7.13. The van der Waals surface area contributed by atoms with Crippen LogP contribution in [0.3, 0.4) is 0 Å². The van der Waals surface area contributed by atoms with Gasteiger partial charge in [-0.15, -0.1) is 0 Å². The summed E-state index contributed by atoms with van der Waals surface area (Å²) in [4.78, 5) is 11.1. The van der Waals surface area contributed by atoms with Crippen molar-refractivity contribution in [2.45, 2.75) is 0 Å². The van der Waals surface area contributed by atoms with E-state index in [1.54, 1.807) is 0 Å². The van der Waals surface area contributed by atoms with E-state index in [9.17, 15) is 15.0 Å². The van der Waals surface area contributed by atoms with Gasteiger partial charge >= 0.3 is 5.97 Å². The summed E-state index contributed by atoms with van der Waals surface area (Å²) in [5.41, 5.74) is 0.311. The summed E-state index contributed by atoms with van der Waals surface area (Å²) >= 11 is 0. The number of phenols is 2. The first-order valence-corrected chi connectivity index (χ1v) is 4.16. The van der Waals surface area contributed by atoms with Gasteiger partial charge in [0, 0.05) is 6.07 Å². The maximum absolute atomic E-state index is 11.1. The Bertz CT molecular complexity index is 526. The summed E-state index contributed by atoms with van der Waals surface area (Å²) in [6.45, 7) is 0. The fourth-order valence-corrected chi connectivity index (χ4v) is 1.29. The van der Waals surface area contributed by atoms with Crippen LogP contribution in [0, 0.1) is 0 Å². The van der Waals surface area contributed by atoms with Crippen molar-refractivity contribution >= 4 is 16.9 Å². The number of rotatable bonds is 1. The molecule has 2 N–H and O–H groups in total. The lowest BCUT2D eigenvalue weighted by atomic mass is 10.2. The average molecular weight is 208 g/mol. The molecule has 0 unspecified atom stereocenters. The van der Waals surface area contributed by atoms with Gasteiger partial charge in [-0.05, 0) is 12.1 Å². The van der Waals surface area contributed by atoms with Crippen LogP contribution in [0.4, 0.5) is 0 Å². The topological polar surface area (TPSA) is 79.9 Å². The Balaban J connectivity index is 2.66. The molecule has 1 aromatic carbocycles. The second-order valence-electron chi connectivity index (χ2n) is 2.95. The molecule has 5 nitrogen and oxygen atoms in total. The van der Waals surface area contributed by atoms with Crippen LogP contribution in [0.2, 0.25) is 0 Å². The van der Waals surface area contributed by atoms with E-state index in [2.05, 4.69) is 4.74 Å². The maximum atomic E-state index is 11.1. The molecular weight excluding hydrogens is 200 g/mol. The van der Waals surface area contributed by atoms with Gasteiger partial charge in [0.25, 0.3) is 0 Å². The Morgan fingerprint density at radius 1 is 1.40 bits per heavy atom. The molecule has 0 fully saturated rings. The van der Waals surface area contributed by atoms with Crippen molar-refractivity contribution in [2.75, 3.05) is 7.11 Å². The molecule has 2 aromatic rings. The van der Waals surface area contributed by atoms with Gasteiger partial charge in [-0.1, -0.05) is 0 Å². The minimum absolute atomic E-state index is 0.0200. The molecule has 0 aliphatic rings. The highest BCUT2D eigenvalue weighted by Gasteiger charge is 2.15. The smallest absolute Gasteiger partial charge is 0.373 e. The van der Waals surface area contributed by atoms with Gasteiger partial charge in [0.05, 0.1) is 12.5 Å². The second-order valence-corrected chi connectivity index (χ2v) is 2.95. The quantitative estimate of drug-likeness (QED) is 0.550. The molecule has 0 radical (unpaired) electrons. The zero-order valence-corrected chi connectivity index (χ0v) is 7.85. The van der Waals surface area contributed by atoms with Gasteiger partial charge in [-0.3, -0.25) is 0 Å². The molecule has 0 spiro atoms. The first kappa shape index (κ1) is 9.39. The Hall–Kier alpha value is -2.17. The standard InChI is InChI=1S/C10H8O5/c1-14-10(13)8-4-5-7(15-8)3-2-6(11)9(5)12/h2-4,11-12H,1H3. The molecule has 0 bridgehead atoms. The van der Waals surface area contributed by atoms with E-state index < -0.39 is 5.97 Å². The van der Waals surface area contributed by atoms with E-state index in [4.69, 9.17) is 4.42 Å². The third-order valence-electron chi connectivity index (χ3n) is 2.04. The predicted octanol–water partition coefficient (Wildman–Crippen LogP) is 1.63. The fraction of sp³-hybridized carbons (Fsp3) is 0.100. The lowest BCUT2D eigenvalue weighted by Gasteiger charge is -1.95. The summed E-state index contributed by atoms with van der Waals surface area (Å²) in [5, 5.41) is 19.0. The van der Waals surface area contributed by atoms with Crippen molar-refractivity contribution in [3.8, 4) is 11.5 Å². The van der Waals surface area contributed by atoms with Crippen molar-refractivity contribution in [1.29, 1.82) is 0 Å². The number of furan rings is 1. The van der Waals surface area contributed by atoms with Gasteiger partial charge in [0.15, 0.2) is 11.5 Å². The van der Waals surface area contributed by atoms with Crippen LogP contribution in [-0.4, -0.2) is 23.3 Å². The van der Waals surface area contributed by atoms with Gasteiger partial charge in [-0.2, -0.15) is 0 Å². The van der Waals surface area contributed by atoms with E-state index in [-0.39, 0.29) is 22.6 Å². The Morgan fingerprint density at radius 3 is 2.80 bits per heavy atom. The number of hydrogen-bond acceptors (Lipinski definition) is 5. The zero-order valence-electron chi connectivity index (χ0n) is 7.85. The minimum Gasteiger partial charge on any atom is -0.504 e. The van der Waals surface area contributed by atoms with E-state index in [1.165, 1.54) is 25.3 Å². The summed E-state index contributed by atoms with van der Waals surface area (Å²) in [5.74, 6) is -1.23.